The molecule has 6 heteroatoms. The molecule has 1 saturated carbocycles. The molecule has 2 atom stereocenters. The van der Waals surface area contributed by atoms with E-state index in [2.05, 4.69) is 32.6 Å². The molecule has 0 aromatic carbocycles. The monoisotopic (exact) mass is 346 g/mol. The summed E-state index contributed by atoms with van der Waals surface area (Å²) < 4.78 is 1.12. The fraction of sp³-hybridized carbons (Fsp3) is 0.615. The number of aliphatic hydroxyl groups excluding tert-OH is 1. The summed E-state index contributed by atoms with van der Waals surface area (Å²) in [6.07, 6.45) is 3.36. The zero-order valence-corrected chi connectivity index (χ0v) is 13.1. The first-order valence-electron chi connectivity index (χ1n) is 6.57. The van der Waals surface area contributed by atoms with E-state index in [1.165, 1.54) is 4.88 Å². The van der Waals surface area contributed by atoms with Crippen LogP contribution in [0.4, 0.5) is 4.79 Å². The third-order valence-corrected chi connectivity index (χ3v) is 5.03. The van der Waals surface area contributed by atoms with Gasteiger partial charge in [-0.05, 0) is 59.7 Å². The van der Waals surface area contributed by atoms with E-state index in [-0.39, 0.29) is 12.1 Å². The topological polar surface area (TPSA) is 61.4 Å². The zero-order valence-electron chi connectivity index (χ0n) is 10.7. The molecule has 0 radical (unpaired) electrons. The van der Waals surface area contributed by atoms with Gasteiger partial charge in [-0.25, -0.2) is 4.79 Å². The number of nitrogens with one attached hydrogen (secondary N) is 2. The minimum Gasteiger partial charge on any atom is -0.393 e. The number of carbonyl (C=O) groups excluding carboxylic acids is 1. The van der Waals surface area contributed by atoms with Gasteiger partial charge in [-0.3, -0.25) is 0 Å². The second kappa shape index (κ2) is 7.26. The van der Waals surface area contributed by atoms with Gasteiger partial charge in [-0.1, -0.05) is 0 Å². The van der Waals surface area contributed by atoms with Crippen LogP contribution >= 0.6 is 27.3 Å². The second-order valence-corrected chi connectivity index (χ2v) is 7.47. The number of hydrogen-bond donors (Lipinski definition) is 3. The van der Waals surface area contributed by atoms with Crippen LogP contribution in [0.15, 0.2) is 15.9 Å². The summed E-state index contributed by atoms with van der Waals surface area (Å²) in [7, 11) is 0. The molecule has 0 unspecified atom stereocenters. The fourth-order valence-corrected chi connectivity index (χ4v) is 3.80. The smallest absolute Gasteiger partial charge is 0.314 e. The van der Waals surface area contributed by atoms with Gasteiger partial charge in [-0.2, -0.15) is 0 Å². The van der Waals surface area contributed by atoms with E-state index in [4.69, 9.17) is 0 Å². The Labute approximate surface area is 125 Å². The highest BCUT2D eigenvalue weighted by atomic mass is 79.9. The summed E-state index contributed by atoms with van der Waals surface area (Å²) in [5.74, 6) is 0.425. The largest absolute Gasteiger partial charge is 0.393 e. The fourth-order valence-electron chi connectivity index (χ4n) is 2.32. The van der Waals surface area contributed by atoms with Gasteiger partial charge in [0.1, 0.15) is 0 Å². The highest BCUT2D eigenvalue weighted by Gasteiger charge is 2.22. The molecule has 19 heavy (non-hydrogen) atoms. The summed E-state index contributed by atoms with van der Waals surface area (Å²) in [5, 5.41) is 15.1. The van der Waals surface area contributed by atoms with Crippen LogP contribution in [0.5, 0.6) is 0 Å². The maximum Gasteiger partial charge on any atom is 0.314 e. The molecule has 1 aromatic rings. The summed E-state index contributed by atoms with van der Waals surface area (Å²) in [6.45, 7) is 1.31. The maximum atomic E-state index is 11.6. The first kappa shape index (κ1) is 14.8. The number of thiophene rings is 1. The van der Waals surface area contributed by atoms with E-state index in [1.807, 2.05) is 6.07 Å². The Morgan fingerprint density at radius 1 is 1.42 bits per heavy atom. The van der Waals surface area contributed by atoms with Crippen LogP contribution in [0, 0.1) is 5.92 Å². The number of halogens is 1. The summed E-state index contributed by atoms with van der Waals surface area (Å²) >= 11 is 5.11. The van der Waals surface area contributed by atoms with Crippen LogP contribution in [0.2, 0.25) is 0 Å². The molecule has 0 bridgehead atoms. The van der Waals surface area contributed by atoms with Crippen molar-refractivity contribution in [3.8, 4) is 0 Å². The standard InChI is InChI=1S/C13H19BrN2O2S/c14-12-4-3-11(19-12)5-6-15-13(18)16-8-9-1-2-10(17)7-9/h3-4,9-10,17H,1-2,5-8H2,(H2,15,16,18)/t9-,10+/m0/s1. The molecule has 106 valence electrons. The Kier molecular flexibility index (Phi) is 5.66. The molecule has 1 fully saturated rings. The van der Waals surface area contributed by atoms with Gasteiger partial charge in [0.25, 0.3) is 0 Å². The van der Waals surface area contributed by atoms with Gasteiger partial charge < -0.3 is 15.7 Å². The van der Waals surface area contributed by atoms with Gasteiger partial charge in [0.05, 0.1) is 9.89 Å². The van der Waals surface area contributed by atoms with Gasteiger partial charge in [-0.15, -0.1) is 11.3 Å². The van der Waals surface area contributed by atoms with Gasteiger partial charge in [0.2, 0.25) is 0 Å². The van der Waals surface area contributed by atoms with Gasteiger partial charge in [0, 0.05) is 18.0 Å². The molecule has 1 aromatic heterocycles. The van der Waals surface area contributed by atoms with Crippen LogP contribution in [0.1, 0.15) is 24.1 Å². The average Bonchev–Trinajstić information content (AvgIpc) is 2.96. The summed E-state index contributed by atoms with van der Waals surface area (Å²) in [6, 6.07) is 3.97. The first-order chi connectivity index (χ1) is 9.13. The lowest BCUT2D eigenvalue weighted by molar-refractivity contribution is 0.177. The third-order valence-electron chi connectivity index (χ3n) is 3.35. The van der Waals surface area contributed by atoms with Crippen LogP contribution in [0.3, 0.4) is 0 Å². The van der Waals surface area contributed by atoms with Gasteiger partial charge in [0.15, 0.2) is 0 Å². The number of urea groups is 1. The molecule has 2 amide bonds. The highest BCUT2D eigenvalue weighted by Crippen LogP contribution is 2.24. The summed E-state index contributed by atoms with van der Waals surface area (Å²) in [4.78, 5) is 12.8. The number of amides is 2. The van der Waals surface area contributed by atoms with Crippen molar-refractivity contribution in [1.29, 1.82) is 0 Å². The third kappa shape index (κ3) is 5.12. The van der Waals surface area contributed by atoms with Crippen LogP contribution in [0.25, 0.3) is 0 Å². The predicted molar refractivity (Wildman–Crippen MR) is 80.5 cm³/mol. The Hall–Kier alpha value is -0.590. The van der Waals surface area contributed by atoms with Crippen molar-refractivity contribution in [3.63, 3.8) is 0 Å². The molecule has 0 saturated heterocycles. The second-order valence-electron chi connectivity index (χ2n) is 4.93. The van der Waals surface area contributed by atoms with E-state index < -0.39 is 0 Å². The lowest BCUT2D eigenvalue weighted by Gasteiger charge is -2.11. The molecule has 1 heterocycles. The number of rotatable bonds is 5. The van der Waals surface area contributed by atoms with Crippen molar-refractivity contribution in [1.82, 2.24) is 10.6 Å². The normalized spacial score (nSPS) is 22.4. The molecule has 2 rings (SSSR count). The maximum absolute atomic E-state index is 11.6. The number of hydrogen-bond acceptors (Lipinski definition) is 3. The Bertz CT molecular complexity index is 425. The minimum atomic E-state index is -0.174. The van der Waals surface area contributed by atoms with Crippen LogP contribution < -0.4 is 10.6 Å². The van der Waals surface area contributed by atoms with Crippen molar-refractivity contribution >= 4 is 33.3 Å². The van der Waals surface area contributed by atoms with Crippen LogP contribution in [-0.2, 0) is 6.42 Å². The minimum absolute atomic E-state index is 0.114. The molecule has 1 aliphatic rings. The molecule has 0 spiro atoms. The first-order valence-corrected chi connectivity index (χ1v) is 8.18. The highest BCUT2D eigenvalue weighted by molar-refractivity contribution is 9.11. The molecule has 4 nitrogen and oxygen atoms in total. The van der Waals surface area contributed by atoms with E-state index >= 15 is 0 Å². The lowest BCUT2D eigenvalue weighted by Crippen LogP contribution is -2.38. The Morgan fingerprint density at radius 2 is 2.26 bits per heavy atom. The van der Waals surface area contributed by atoms with Crippen molar-refractivity contribution in [3.05, 3.63) is 20.8 Å². The average molecular weight is 347 g/mol. The molecular weight excluding hydrogens is 328 g/mol. The van der Waals surface area contributed by atoms with Crippen molar-refractivity contribution in [2.45, 2.75) is 31.8 Å². The quantitative estimate of drug-likeness (QED) is 0.767. The zero-order chi connectivity index (χ0) is 13.7. The Morgan fingerprint density at radius 3 is 2.89 bits per heavy atom. The molecule has 3 N–H and O–H groups in total. The lowest BCUT2D eigenvalue weighted by atomic mass is 10.1. The molecular formula is C13H19BrN2O2S. The van der Waals surface area contributed by atoms with Crippen molar-refractivity contribution in [2.24, 2.45) is 5.92 Å². The SMILES string of the molecule is O=C(NCCc1ccc(Br)s1)NC[C@H]1CC[C@@H](O)C1. The predicted octanol–water partition coefficient (Wildman–Crippen LogP) is 2.51. The molecule has 0 aliphatic heterocycles. The number of carbonyl (C=O) groups is 1. The van der Waals surface area contributed by atoms with Crippen molar-refractivity contribution < 1.29 is 9.90 Å². The van der Waals surface area contributed by atoms with E-state index in [1.54, 1.807) is 11.3 Å². The van der Waals surface area contributed by atoms with Crippen molar-refractivity contribution in [2.75, 3.05) is 13.1 Å². The Balaban J connectivity index is 1.57. The van der Waals surface area contributed by atoms with E-state index in [9.17, 15) is 9.90 Å². The van der Waals surface area contributed by atoms with E-state index in [0.29, 0.717) is 19.0 Å². The molecule has 1 aliphatic carbocycles. The number of aliphatic hydroxyl groups is 1. The van der Waals surface area contributed by atoms with Crippen LogP contribution in [-0.4, -0.2) is 30.3 Å². The van der Waals surface area contributed by atoms with E-state index in [0.717, 1.165) is 29.5 Å². The summed E-state index contributed by atoms with van der Waals surface area (Å²) in [5.41, 5.74) is 0. The van der Waals surface area contributed by atoms with Gasteiger partial charge >= 0.3 is 6.03 Å².